The zero-order valence-corrected chi connectivity index (χ0v) is 8.82. The van der Waals surface area contributed by atoms with Crippen molar-refractivity contribution in [2.45, 2.75) is 39.2 Å². The maximum atomic E-state index is 10.3. The first-order valence-corrected chi connectivity index (χ1v) is 4.65. The molecule has 78 valence electrons. The van der Waals surface area contributed by atoms with E-state index < -0.39 is 5.97 Å². The molecule has 1 aromatic heterocycles. The van der Waals surface area contributed by atoms with Gasteiger partial charge in [0.25, 0.3) is 0 Å². The van der Waals surface area contributed by atoms with Crippen LogP contribution >= 0.6 is 0 Å². The Morgan fingerprint density at radius 2 is 2.21 bits per heavy atom. The average molecular weight is 196 g/mol. The molecule has 0 aromatic carbocycles. The van der Waals surface area contributed by atoms with Crippen molar-refractivity contribution in [2.24, 2.45) is 0 Å². The molecule has 0 spiro atoms. The summed E-state index contributed by atoms with van der Waals surface area (Å²) >= 11 is 0. The van der Waals surface area contributed by atoms with Crippen LogP contribution in [0.3, 0.4) is 0 Å². The normalized spacial score (nSPS) is 11.6. The first-order chi connectivity index (χ1) is 6.39. The number of aliphatic carboxylic acids is 1. The maximum Gasteiger partial charge on any atom is 0.303 e. The highest BCUT2D eigenvalue weighted by Crippen LogP contribution is 2.13. The molecular weight excluding hydrogens is 180 g/mol. The minimum atomic E-state index is -0.770. The highest BCUT2D eigenvalue weighted by atomic mass is 16.4. The van der Waals surface area contributed by atoms with Gasteiger partial charge in [-0.05, 0) is 32.8 Å². The van der Waals surface area contributed by atoms with Crippen LogP contribution in [0.4, 0.5) is 0 Å². The summed E-state index contributed by atoms with van der Waals surface area (Å²) in [5.74, 6) is -0.770. The van der Waals surface area contributed by atoms with E-state index >= 15 is 0 Å². The lowest BCUT2D eigenvalue weighted by Crippen LogP contribution is -2.21. The van der Waals surface area contributed by atoms with Crippen molar-refractivity contribution in [3.63, 3.8) is 0 Å². The Morgan fingerprint density at radius 1 is 1.57 bits per heavy atom. The number of carboxylic acids is 1. The van der Waals surface area contributed by atoms with E-state index in [0.29, 0.717) is 6.42 Å². The predicted octanol–water partition coefficient (Wildman–Crippen LogP) is 1.66. The minimum Gasteiger partial charge on any atom is -0.481 e. The van der Waals surface area contributed by atoms with Gasteiger partial charge in [0, 0.05) is 12.6 Å². The molecule has 4 nitrogen and oxygen atoms in total. The quantitative estimate of drug-likeness (QED) is 0.799. The zero-order chi connectivity index (χ0) is 10.8. The third kappa shape index (κ3) is 2.87. The summed E-state index contributed by atoms with van der Waals surface area (Å²) < 4.78 is 1.85. The molecule has 0 saturated heterocycles. The summed E-state index contributed by atoms with van der Waals surface area (Å²) in [6.07, 6.45) is 4.35. The second kappa shape index (κ2) is 3.82. The van der Waals surface area contributed by atoms with E-state index in [1.165, 1.54) is 0 Å². The van der Waals surface area contributed by atoms with Crippen LogP contribution in [0, 0.1) is 0 Å². The van der Waals surface area contributed by atoms with Gasteiger partial charge in [0.1, 0.15) is 0 Å². The SMILES string of the molecule is CC(C)(C)n1cc(CCC(=O)O)cn1. The second-order valence-electron chi connectivity index (χ2n) is 4.36. The minimum absolute atomic E-state index is 0.0402. The Balaban J connectivity index is 2.64. The van der Waals surface area contributed by atoms with Crippen LogP contribution < -0.4 is 0 Å². The summed E-state index contributed by atoms with van der Waals surface area (Å²) in [4.78, 5) is 10.3. The van der Waals surface area contributed by atoms with Crippen LogP contribution in [-0.2, 0) is 16.8 Å². The second-order valence-corrected chi connectivity index (χ2v) is 4.36. The largest absolute Gasteiger partial charge is 0.481 e. The number of carboxylic acid groups (broad SMARTS) is 1. The van der Waals surface area contributed by atoms with E-state index in [1.54, 1.807) is 6.20 Å². The summed E-state index contributed by atoms with van der Waals surface area (Å²) in [5, 5.41) is 12.7. The number of nitrogens with zero attached hydrogens (tertiary/aromatic N) is 2. The van der Waals surface area contributed by atoms with Crippen molar-refractivity contribution in [1.82, 2.24) is 9.78 Å². The molecular formula is C10H16N2O2. The topological polar surface area (TPSA) is 55.1 Å². The molecule has 0 radical (unpaired) electrons. The molecule has 1 heterocycles. The van der Waals surface area contributed by atoms with Crippen molar-refractivity contribution < 1.29 is 9.90 Å². The number of rotatable bonds is 3. The number of hydrogen-bond donors (Lipinski definition) is 1. The van der Waals surface area contributed by atoms with E-state index in [-0.39, 0.29) is 12.0 Å². The fraction of sp³-hybridized carbons (Fsp3) is 0.600. The highest BCUT2D eigenvalue weighted by Gasteiger charge is 2.13. The lowest BCUT2D eigenvalue weighted by atomic mass is 10.1. The fourth-order valence-corrected chi connectivity index (χ4v) is 1.11. The van der Waals surface area contributed by atoms with Crippen molar-refractivity contribution in [3.05, 3.63) is 18.0 Å². The van der Waals surface area contributed by atoms with Crippen LogP contribution in [0.1, 0.15) is 32.8 Å². The third-order valence-corrected chi connectivity index (χ3v) is 1.95. The molecule has 14 heavy (non-hydrogen) atoms. The number of carbonyl (C=O) groups is 1. The van der Waals surface area contributed by atoms with Crippen LogP contribution in [0.15, 0.2) is 12.4 Å². The molecule has 0 fully saturated rings. The molecule has 0 bridgehead atoms. The Morgan fingerprint density at radius 3 is 2.64 bits per heavy atom. The van der Waals surface area contributed by atoms with Gasteiger partial charge in [0.15, 0.2) is 0 Å². The van der Waals surface area contributed by atoms with Crippen LogP contribution in [0.25, 0.3) is 0 Å². The number of hydrogen-bond acceptors (Lipinski definition) is 2. The van der Waals surface area contributed by atoms with Gasteiger partial charge in [0.05, 0.1) is 11.7 Å². The van der Waals surface area contributed by atoms with Crippen molar-refractivity contribution in [2.75, 3.05) is 0 Å². The highest BCUT2D eigenvalue weighted by molar-refractivity contribution is 5.67. The van der Waals surface area contributed by atoms with Crippen LogP contribution in [0.5, 0.6) is 0 Å². The molecule has 0 aliphatic rings. The van der Waals surface area contributed by atoms with E-state index in [0.717, 1.165) is 5.56 Å². The molecule has 0 unspecified atom stereocenters. The third-order valence-electron chi connectivity index (χ3n) is 1.95. The Labute approximate surface area is 83.5 Å². The Bertz CT molecular complexity index is 323. The average Bonchev–Trinajstić information content (AvgIpc) is 2.47. The van der Waals surface area contributed by atoms with Gasteiger partial charge in [-0.15, -0.1) is 0 Å². The Hall–Kier alpha value is -1.32. The van der Waals surface area contributed by atoms with Gasteiger partial charge < -0.3 is 5.11 Å². The fourth-order valence-electron chi connectivity index (χ4n) is 1.11. The summed E-state index contributed by atoms with van der Waals surface area (Å²) in [6, 6.07) is 0. The smallest absolute Gasteiger partial charge is 0.303 e. The van der Waals surface area contributed by atoms with Crippen molar-refractivity contribution >= 4 is 5.97 Å². The molecule has 1 aromatic rings. The lowest BCUT2D eigenvalue weighted by Gasteiger charge is -2.18. The van der Waals surface area contributed by atoms with Crippen LogP contribution in [-0.4, -0.2) is 20.9 Å². The van der Waals surface area contributed by atoms with Gasteiger partial charge in [0.2, 0.25) is 0 Å². The van der Waals surface area contributed by atoms with E-state index in [2.05, 4.69) is 25.9 Å². The molecule has 4 heteroatoms. The molecule has 0 saturated carbocycles. The monoisotopic (exact) mass is 196 g/mol. The molecule has 0 aliphatic heterocycles. The molecule has 1 rings (SSSR count). The lowest BCUT2D eigenvalue weighted by molar-refractivity contribution is -0.136. The standard InChI is InChI=1S/C10H16N2O2/c1-10(2,3)12-7-8(6-11-12)4-5-9(13)14/h6-7H,4-5H2,1-3H3,(H,13,14). The molecule has 1 N–H and O–H groups in total. The number of aryl methyl sites for hydroxylation is 1. The first kappa shape index (κ1) is 10.8. The molecule has 0 atom stereocenters. The van der Waals surface area contributed by atoms with Crippen LogP contribution in [0.2, 0.25) is 0 Å². The van der Waals surface area contributed by atoms with E-state index in [4.69, 9.17) is 5.11 Å². The van der Waals surface area contributed by atoms with Crippen molar-refractivity contribution in [1.29, 1.82) is 0 Å². The number of aromatic nitrogens is 2. The molecule has 0 amide bonds. The Kier molecular flexibility index (Phi) is 2.93. The van der Waals surface area contributed by atoms with Gasteiger partial charge in [-0.2, -0.15) is 5.10 Å². The van der Waals surface area contributed by atoms with Gasteiger partial charge in [-0.3, -0.25) is 9.48 Å². The van der Waals surface area contributed by atoms with E-state index in [1.807, 2.05) is 10.9 Å². The van der Waals surface area contributed by atoms with Gasteiger partial charge in [-0.1, -0.05) is 0 Å². The first-order valence-electron chi connectivity index (χ1n) is 4.65. The van der Waals surface area contributed by atoms with Crippen molar-refractivity contribution in [3.8, 4) is 0 Å². The predicted molar refractivity (Wildman–Crippen MR) is 53.2 cm³/mol. The maximum absolute atomic E-state index is 10.3. The molecule has 0 aliphatic carbocycles. The van der Waals surface area contributed by atoms with Gasteiger partial charge in [-0.25, -0.2) is 0 Å². The van der Waals surface area contributed by atoms with Gasteiger partial charge >= 0.3 is 5.97 Å². The zero-order valence-electron chi connectivity index (χ0n) is 8.82. The summed E-state index contributed by atoms with van der Waals surface area (Å²) in [5.41, 5.74) is 0.934. The summed E-state index contributed by atoms with van der Waals surface area (Å²) in [6.45, 7) is 6.17. The summed E-state index contributed by atoms with van der Waals surface area (Å²) in [7, 11) is 0. The van der Waals surface area contributed by atoms with E-state index in [9.17, 15) is 4.79 Å².